The lowest BCUT2D eigenvalue weighted by atomic mass is 9.89. The molecule has 0 aliphatic carbocycles. The van der Waals surface area contributed by atoms with Crippen molar-refractivity contribution in [1.82, 2.24) is 9.88 Å². The number of rotatable bonds is 4. The van der Waals surface area contributed by atoms with Gasteiger partial charge in [0.25, 0.3) is 11.5 Å². The smallest absolute Gasteiger partial charge is 0.251 e. The monoisotopic (exact) mass is 340 g/mol. The number of nitrogens with one attached hydrogen (secondary N) is 1. The van der Waals surface area contributed by atoms with Gasteiger partial charge in [-0.05, 0) is 31.4 Å². The Kier molecular flexibility index (Phi) is 5.34. The second kappa shape index (κ2) is 7.66. The highest BCUT2D eigenvalue weighted by Gasteiger charge is 2.27. The van der Waals surface area contributed by atoms with Gasteiger partial charge in [0.05, 0.1) is 6.10 Å². The summed E-state index contributed by atoms with van der Waals surface area (Å²) in [5.74, 6) is 0.0119. The highest BCUT2D eigenvalue weighted by molar-refractivity contribution is 5.93. The first-order valence-corrected chi connectivity index (χ1v) is 8.67. The number of carbonyl (C=O) groups excluding carboxylic acids is 1. The van der Waals surface area contributed by atoms with Crippen molar-refractivity contribution in [2.45, 2.75) is 25.9 Å². The fourth-order valence-corrected chi connectivity index (χ4v) is 3.19. The molecule has 132 valence electrons. The molecule has 5 heteroatoms. The molecule has 2 heterocycles. The van der Waals surface area contributed by atoms with Crippen LogP contribution in [0.25, 0.3) is 0 Å². The Morgan fingerprint density at radius 3 is 2.76 bits per heavy atom. The second-order valence-electron chi connectivity index (χ2n) is 6.68. The zero-order valence-electron chi connectivity index (χ0n) is 14.7. The van der Waals surface area contributed by atoms with Gasteiger partial charge in [-0.15, -0.1) is 0 Å². The molecule has 1 aliphatic heterocycles. The van der Waals surface area contributed by atoms with E-state index in [1.807, 2.05) is 0 Å². The number of ether oxygens (including phenoxy) is 1. The van der Waals surface area contributed by atoms with Crippen molar-refractivity contribution in [3.05, 3.63) is 69.6 Å². The van der Waals surface area contributed by atoms with Gasteiger partial charge in [0, 0.05) is 43.9 Å². The topological polar surface area (TPSA) is 60.3 Å². The van der Waals surface area contributed by atoms with Crippen LogP contribution >= 0.6 is 0 Å². The summed E-state index contributed by atoms with van der Waals surface area (Å²) in [4.78, 5) is 24.0. The minimum absolute atomic E-state index is 0.00158. The zero-order chi connectivity index (χ0) is 17.8. The molecule has 1 aliphatic rings. The molecule has 0 unspecified atom stereocenters. The maximum atomic E-state index is 12.3. The van der Waals surface area contributed by atoms with E-state index in [0.29, 0.717) is 12.1 Å². The van der Waals surface area contributed by atoms with Crippen LogP contribution in [0.15, 0.2) is 47.4 Å². The van der Waals surface area contributed by atoms with E-state index in [0.717, 1.165) is 25.0 Å². The fraction of sp³-hybridized carbons (Fsp3) is 0.400. The van der Waals surface area contributed by atoms with Crippen LogP contribution in [0.4, 0.5) is 0 Å². The summed E-state index contributed by atoms with van der Waals surface area (Å²) in [5, 5.41) is 2.96. The van der Waals surface area contributed by atoms with E-state index < -0.39 is 0 Å². The maximum absolute atomic E-state index is 12.3. The molecule has 0 bridgehead atoms. The molecule has 0 radical (unpaired) electrons. The van der Waals surface area contributed by atoms with Gasteiger partial charge in [0.1, 0.15) is 0 Å². The van der Waals surface area contributed by atoms with Gasteiger partial charge in [-0.1, -0.05) is 29.8 Å². The lowest BCUT2D eigenvalue weighted by Crippen LogP contribution is -2.35. The van der Waals surface area contributed by atoms with Crippen molar-refractivity contribution >= 4 is 5.91 Å². The number of aromatic nitrogens is 1. The number of pyridine rings is 1. The highest BCUT2D eigenvalue weighted by Crippen LogP contribution is 2.33. The van der Waals surface area contributed by atoms with E-state index >= 15 is 0 Å². The summed E-state index contributed by atoms with van der Waals surface area (Å²) in [6.07, 6.45) is 3.61. The molecular weight excluding hydrogens is 316 g/mol. The average Bonchev–Trinajstić information content (AvgIpc) is 2.63. The Hall–Kier alpha value is -2.40. The van der Waals surface area contributed by atoms with Crippen LogP contribution in [-0.4, -0.2) is 23.6 Å². The SMILES string of the molecule is Cc1ccc([C@H]2OCCC[C@H]2CNC(=O)c2ccn(C)c(=O)c2)cc1. The molecule has 1 N–H and O–H groups in total. The van der Waals surface area contributed by atoms with Crippen LogP contribution in [0.3, 0.4) is 0 Å². The molecule has 3 rings (SSSR count). The van der Waals surface area contributed by atoms with Crippen LogP contribution in [0.5, 0.6) is 0 Å². The number of hydrogen-bond acceptors (Lipinski definition) is 3. The Labute approximate surface area is 147 Å². The third-order valence-corrected chi connectivity index (χ3v) is 4.74. The normalized spacial score (nSPS) is 20.2. The number of benzene rings is 1. The lowest BCUT2D eigenvalue weighted by molar-refractivity contribution is -0.0272. The summed E-state index contributed by atoms with van der Waals surface area (Å²) in [6.45, 7) is 3.34. The van der Waals surface area contributed by atoms with E-state index in [1.54, 1.807) is 19.3 Å². The van der Waals surface area contributed by atoms with E-state index in [2.05, 4.69) is 36.5 Å². The minimum atomic E-state index is -0.217. The third kappa shape index (κ3) is 4.17. The number of hydrogen-bond donors (Lipinski definition) is 1. The molecule has 0 saturated carbocycles. The van der Waals surface area contributed by atoms with Gasteiger partial charge in [-0.2, -0.15) is 0 Å². The Morgan fingerprint density at radius 2 is 2.04 bits per heavy atom. The Bertz CT molecular complexity index is 795. The fourth-order valence-electron chi connectivity index (χ4n) is 3.19. The van der Waals surface area contributed by atoms with Gasteiger partial charge >= 0.3 is 0 Å². The molecule has 2 aromatic rings. The van der Waals surface area contributed by atoms with E-state index in [-0.39, 0.29) is 23.5 Å². The van der Waals surface area contributed by atoms with E-state index in [4.69, 9.17) is 4.74 Å². The Balaban J connectivity index is 1.67. The van der Waals surface area contributed by atoms with Crippen molar-refractivity contribution in [2.75, 3.05) is 13.2 Å². The molecule has 25 heavy (non-hydrogen) atoms. The maximum Gasteiger partial charge on any atom is 0.251 e. The second-order valence-corrected chi connectivity index (χ2v) is 6.68. The standard InChI is InChI=1S/C20H24N2O3/c1-14-5-7-15(8-6-14)19-17(4-3-11-25-19)13-21-20(24)16-9-10-22(2)18(23)12-16/h5-10,12,17,19H,3-4,11,13H2,1-2H3,(H,21,24)/t17-,19+/m0/s1. The summed E-state index contributed by atoms with van der Waals surface area (Å²) in [7, 11) is 1.66. The predicted octanol–water partition coefficient (Wildman–Crippen LogP) is 2.59. The first-order valence-electron chi connectivity index (χ1n) is 8.67. The van der Waals surface area contributed by atoms with Crippen LogP contribution < -0.4 is 10.9 Å². The summed E-state index contributed by atoms with van der Waals surface area (Å²) in [6, 6.07) is 11.4. The largest absolute Gasteiger partial charge is 0.373 e. The van der Waals surface area contributed by atoms with Gasteiger partial charge in [0.2, 0.25) is 0 Å². The summed E-state index contributed by atoms with van der Waals surface area (Å²) < 4.78 is 7.43. The molecule has 1 saturated heterocycles. The Morgan fingerprint density at radius 1 is 1.28 bits per heavy atom. The number of aryl methyl sites for hydroxylation is 2. The predicted molar refractivity (Wildman–Crippen MR) is 96.6 cm³/mol. The number of carbonyl (C=O) groups is 1. The number of amides is 1. The van der Waals surface area contributed by atoms with Gasteiger partial charge < -0.3 is 14.6 Å². The van der Waals surface area contributed by atoms with Gasteiger partial charge in [-0.3, -0.25) is 9.59 Å². The van der Waals surface area contributed by atoms with Crippen molar-refractivity contribution < 1.29 is 9.53 Å². The highest BCUT2D eigenvalue weighted by atomic mass is 16.5. The van der Waals surface area contributed by atoms with Gasteiger partial charge in [0.15, 0.2) is 0 Å². The van der Waals surface area contributed by atoms with Crippen molar-refractivity contribution in [2.24, 2.45) is 13.0 Å². The molecule has 2 atom stereocenters. The van der Waals surface area contributed by atoms with Crippen LogP contribution in [0, 0.1) is 12.8 Å². The van der Waals surface area contributed by atoms with Crippen LogP contribution in [-0.2, 0) is 11.8 Å². The lowest BCUT2D eigenvalue weighted by Gasteiger charge is -2.32. The number of nitrogens with zero attached hydrogens (tertiary/aromatic N) is 1. The molecular formula is C20H24N2O3. The quantitative estimate of drug-likeness (QED) is 0.931. The van der Waals surface area contributed by atoms with Crippen LogP contribution in [0.2, 0.25) is 0 Å². The molecule has 1 aromatic heterocycles. The van der Waals surface area contributed by atoms with Crippen LogP contribution in [0.1, 0.15) is 40.4 Å². The molecule has 1 aromatic carbocycles. The molecule has 1 amide bonds. The summed E-state index contributed by atoms with van der Waals surface area (Å²) >= 11 is 0. The van der Waals surface area contributed by atoms with E-state index in [9.17, 15) is 9.59 Å². The average molecular weight is 340 g/mol. The summed E-state index contributed by atoms with van der Waals surface area (Å²) in [5.41, 5.74) is 2.58. The molecule has 1 fully saturated rings. The van der Waals surface area contributed by atoms with Crippen molar-refractivity contribution in [3.63, 3.8) is 0 Å². The molecule has 0 spiro atoms. The van der Waals surface area contributed by atoms with Crippen molar-refractivity contribution in [1.29, 1.82) is 0 Å². The minimum Gasteiger partial charge on any atom is -0.373 e. The molecule has 5 nitrogen and oxygen atoms in total. The van der Waals surface area contributed by atoms with Crippen molar-refractivity contribution in [3.8, 4) is 0 Å². The first kappa shape index (κ1) is 17.4. The third-order valence-electron chi connectivity index (χ3n) is 4.74. The van der Waals surface area contributed by atoms with E-state index in [1.165, 1.54) is 16.2 Å². The zero-order valence-corrected chi connectivity index (χ0v) is 14.7. The van der Waals surface area contributed by atoms with Gasteiger partial charge in [-0.25, -0.2) is 0 Å². The first-order chi connectivity index (χ1) is 12.0.